The number of thiol groups is 1. The summed E-state index contributed by atoms with van der Waals surface area (Å²) in [7, 11) is 0. The minimum atomic E-state index is 0.983. The topological polar surface area (TPSA) is 0 Å². The molecule has 2 aromatic rings. The normalized spacial score (nSPS) is 10.8. The quantitative estimate of drug-likeness (QED) is 0.430. The Bertz CT molecular complexity index is 671. The van der Waals surface area contributed by atoms with E-state index in [4.69, 9.17) is 0 Å². The van der Waals surface area contributed by atoms with Crippen LogP contribution in [-0.4, -0.2) is 0 Å². The summed E-state index contributed by atoms with van der Waals surface area (Å²) in [5, 5.41) is 4.31. The Morgan fingerprint density at radius 2 is 1.89 bits per heavy atom. The summed E-state index contributed by atoms with van der Waals surface area (Å²) < 4.78 is 0. The first-order valence-electron chi connectivity index (χ1n) is 5.89. The molecule has 0 spiro atoms. The molecule has 18 heavy (non-hydrogen) atoms. The first-order chi connectivity index (χ1) is 8.69. The van der Waals surface area contributed by atoms with Crippen molar-refractivity contribution in [2.24, 2.45) is 0 Å². The van der Waals surface area contributed by atoms with Gasteiger partial charge in [-0.1, -0.05) is 30.8 Å². The van der Waals surface area contributed by atoms with Gasteiger partial charge in [-0.15, -0.1) is 5.73 Å². The van der Waals surface area contributed by atoms with Gasteiger partial charge in [0.15, 0.2) is 0 Å². The highest BCUT2D eigenvalue weighted by molar-refractivity contribution is 7.83. The summed E-state index contributed by atoms with van der Waals surface area (Å²) in [6.07, 6.45) is 1.92. The highest BCUT2D eigenvalue weighted by atomic mass is 32.1. The lowest BCUT2D eigenvalue weighted by molar-refractivity contribution is 1.42. The van der Waals surface area contributed by atoms with Crippen LogP contribution in [0, 0.1) is 13.8 Å². The van der Waals surface area contributed by atoms with Gasteiger partial charge in [0.25, 0.3) is 0 Å². The highest BCUT2D eigenvalue weighted by Crippen LogP contribution is 2.29. The fourth-order valence-electron chi connectivity index (χ4n) is 2.30. The Labute approximate surface area is 114 Å². The molecule has 0 unspecified atom stereocenters. The van der Waals surface area contributed by atoms with Crippen LogP contribution in [0.25, 0.3) is 16.3 Å². The van der Waals surface area contributed by atoms with Crippen LogP contribution in [0.4, 0.5) is 0 Å². The molecule has 2 rings (SSSR count). The first-order valence-corrected chi connectivity index (χ1v) is 6.40. The third-order valence-electron chi connectivity index (χ3n) is 3.24. The van der Waals surface area contributed by atoms with E-state index in [1.807, 2.05) is 6.08 Å². The molecule has 0 aromatic heterocycles. The number of benzene rings is 2. The predicted octanol–water partition coefficient (Wildman–Crippen LogP) is 5.07. The SMILES string of the molecule is C=C=C(/C=C\S)c1cc(C)c2ccccc2c1C. The molecule has 0 nitrogen and oxygen atoms in total. The Balaban J connectivity index is 2.82. The van der Waals surface area contributed by atoms with Crippen molar-refractivity contribution in [2.45, 2.75) is 13.8 Å². The maximum absolute atomic E-state index is 4.13. The van der Waals surface area contributed by atoms with Crippen LogP contribution < -0.4 is 0 Å². The van der Waals surface area contributed by atoms with Gasteiger partial charge in [-0.2, -0.15) is 12.6 Å². The van der Waals surface area contributed by atoms with E-state index in [1.165, 1.54) is 27.5 Å². The predicted molar refractivity (Wildman–Crippen MR) is 84.1 cm³/mol. The Hall–Kier alpha value is -1.69. The summed E-state index contributed by atoms with van der Waals surface area (Å²) >= 11 is 4.13. The lowest BCUT2D eigenvalue weighted by Crippen LogP contribution is -1.91. The summed E-state index contributed by atoms with van der Waals surface area (Å²) in [5.74, 6) is 0. The molecule has 0 aliphatic rings. The van der Waals surface area contributed by atoms with Crippen molar-refractivity contribution in [2.75, 3.05) is 0 Å². The smallest absolute Gasteiger partial charge is 0.0238 e. The Morgan fingerprint density at radius 1 is 1.22 bits per heavy atom. The molecule has 2 aromatic carbocycles. The van der Waals surface area contributed by atoms with E-state index in [0.29, 0.717) is 0 Å². The summed E-state index contributed by atoms with van der Waals surface area (Å²) in [4.78, 5) is 0. The second kappa shape index (κ2) is 5.30. The van der Waals surface area contributed by atoms with Crippen LogP contribution in [-0.2, 0) is 0 Å². The monoisotopic (exact) mass is 252 g/mol. The molecule has 0 atom stereocenters. The lowest BCUT2D eigenvalue weighted by atomic mass is 9.92. The summed E-state index contributed by atoms with van der Waals surface area (Å²) in [6, 6.07) is 10.7. The van der Waals surface area contributed by atoms with Crippen LogP contribution in [0.5, 0.6) is 0 Å². The molecule has 0 N–H and O–H groups in total. The molecule has 0 heterocycles. The fraction of sp³-hybridized carbons (Fsp3) is 0.118. The molecule has 0 bridgehead atoms. The molecule has 1 heteroatoms. The van der Waals surface area contributed by atoms with Crippen LogP contribution in [0.15, 0.2) is 54.1 Å². The standard InChI is InChI=1S/C17H16S/c1-4-14(9-10-18)17-11-12(2)15-7-5-6-8-16(15)13(17)3/h5-11,18H,1H2,2-3H3/b10-9-. The van der Waals surface area contributed by atoms with Gasteiger partial charge >= 0.3 is 0 Å². The van der Waals surface area contributed by atoms with Crippen LogP contribution in [0.3, 0.4) is 0 Å². The third-order valence-corrected chi connectivity index (χ3v) is 3.39. The van der Waals surface area contributed by atoms with Gasteiger partial charge in [-0.3, -0.25) is 0 Å². The van der Waals surface area contributed by atoms with Crippen molar-refractivity contribution in [1.29, 1.82) is 0 Å². The van der Waals surface area contributed by atoms with Gasteiger partial charge in [0.2, 0.25) is 0 Å². The molecular weight excluding hydrogens is 236 g/mol. The van der Waals surface area contributed by atoms with Gasteiger partial charge in [-0.05, 0) is 58.9 Å². The van der Waals surface area contributed by atoms with Crippen molar-refractivity contribution < 1.29 is 0 Å². The molecular formula is C17H16S. The minimum absolute atomic E-state index is 0.983. The zero-order chi connectivity index (χ0) is 13.1. The second-order valence-electron chi connectivity index (χ2n) is 4.32. The molecule has 0 aliphatic carbocycles. The van der Waals surface area contributed by atoms with Gasteiger partial charge in [0.05, 0.1) is 0 Å². The molecule has 0 amide bonds. The van der Waals surface area contributed by atoms with Gasteiger partial charge in [-0.25, -0.2) is 0 Å². The zero-order valence-electron chi connectivity index (χ0n) is 10.7. The summed E-state index contributed by atoms with van der Waals surface area (Å²) in [6.45, 7) is 8.03. The molecule has 0 fully saturated rings. The first kappa shape index (κ1) is 12.8. The van der Waals surface area contributed by atoms with E-state index >= 15 is 0 Å². The number of allylic oxidation sites excluding steroid dienone is 2. The largest absolute Gasteiger partial charge is 0.151 e. The highest BCUT2D eigenvalue weighted by Gasteiger charge is 2.08. The van der Waals surface area contributed by atoms with Crippen molar-refractivity contribution in [1.82, 2.24) is 0 Å². The third kappa shape index (κ3) is 2.15. The van der Waals surface area contributed by atoms with E-state index in [0.717, 1.165) is 5.57 Å². The van der Waals surface area contributed by atoms with Crippen molar-refractivity contribution in [3.05, 3.63) is 70.8 Å². The maximum Gasteiger partial charge on any atom is 0.0238 e. The van der Waals surface area contributed by atoms with Crippen LogP contribution >= 0.6 is 12.6 Å². The van der Waals surface area contributed by atoms with E-state index in [1.54, 1.807) is 5.41 Å². The average Bonchev–Trinajstić information content (AvgIpc) is 2.40. The van der Waals surface area contributed by atoms with E-state index < -0.39 is 0 Å². The Morgan fingerprint density at radius 3 is 2.50 bits per heavy atom. The molecule has 0 saturated heterocycles. The number of rotatable bonds is 2. The lowest BCUT2D eigenvalue weighted by Gasteiger charge is -2.12. The van der Waals surface area contributed by atoms with Crippen molar-refractivity contribution >= 4 is 29.0 Å². The maximum atomic E-state index is 4.13. The number of aryl methyl sites for hydroxylation is 2. The van der Waals surface area contributed by atoms with Gasteiger partial charge in [0.1, 0.15) is 0 Å². The number of hydrogen-bond donors (Lipinski definition) is 1. The zero-order valence-corrected chi connectivity index (χ0v) is 11.6. The molecule has 90 valence electrons. The Kier molecular flexibility index (Phi) is 3.76. The summed E-state index contributed by atoms with van der Waals surface area (Å²) in [5.41, 5.74) is 7.67. The van der Waals surface area contributed by atoms with Gasteiger partial charge in [0, 0.05) is 5.57 Å². The molecule has 0 radical (unpaired) electrons. The molecule has 0 saturated carbocycles. The second-order valence-corrected chi connectivity index (χ2v) is 4.62. The van der Waals surface area contributed by atoms with Crippen LogP contribution in [0.1, 0.15) is 16.7 Å². The van der Waals surface area contributed by atoms with E-state index in [2.05, 4.69) is 69.1 Å². The number of hydrogen-bond acceptors (Lipinski definition) is 1. The van der Waals surface area contributed by atoms with Crippen molar-refractivity contribution in [3.8, 4) is 0 Å². The van der Waals surface area contributed by atoms with Crippen LogP contribution in [0.2, 0.25) is 0 Å². The molecule has 0 aliphatic heterocycles. The minimum Gasteiger partial charge on any atom is -0.151 e. The van der Waals surface area contributed by atoms with E-state index in [-0.39, 0.29) is 0 Å². The van der Waals surface area contributed by atoms with E-state index in [9.17, 15) is 0 Å². The fourth-order valence-corrected chi connectivity index (χ4v) is 2.45. The van der Waals surface area contributed by atoms with Crippen molar-refractivity contribution in [3.63, 3.8) is 0 Å². The average molecular weight is 252 g/mol. The number of fused-ring (bicyclic) bond motifs is 1. The van der Waals surface area contributed by atoms with Gasteiger partial charge < -0.3 is 0 Å².